The van der Waals surface area contributed by atoms with E-state index in [0.717, 1.165) is 10.1 Å². The first-order valence-electron chi connectivity index (χ1n) is 3.52. The predicted octanol–water partition coefficient (Wildman–Crippen LogP) is 2.06. The molecule has 0 bridgehead atoms. The Bertz CT molecular complexity index is 499. The second-order valence-electron chi connectivity index (χ2n) is 2.39. The quantitative estimate of drug-likeness (QED) is 0.563. The first kappa shape index (κ1) is 8.16. The Hall–Kier alpha value is -1.45. The molecule has 2 aromatic rings. The number of aromatic nitrogens is 2. The van der Waals surface area contributed by atoms with Gasteiger partial charge in [-0.1, -0.05) is 15.9 Å². The monoisotopic (exact) mass is 237 g/mol. The number of rotatable bonds is 1. The van der Waals surface area contributed by atoms with Gasteiger partial charge in [-0.25, -0.2) is 9.78 Å². The van der Waals surface area contributed by atoms with Gasteiger partial charge in [0.25, 0.3) is 0 Å². The molecule has 5 heteroatoms. The molecule has 0 aliphatic heterocycles. The number of pyridine rings is 1. The van der Waals surface area contributed by atoms with E-state index in [-0.39, 0.29) is 0 Å². The van der Waals surface area contributed by atoms with Crippen LogP contribution in [0.25, 0.3) is 5.65 Å². The molecule has 4 nitrogen and oxygen atoms in total. The second kappa shape index (κ2) is 3.12. The highest BCUT2D eigenvalue weighted by Crippen LogP contribution is 2.17. The Morgan fingerprint density at radius 3 is 3.23 bits per heavy atom. The first-order valence-corrected chi connectivity index (χ1v) is 4.31. The summed E-state index contributed by atoms with van der Waals surface area (Å²) < 4.78 is 2.64. The van der Waals surface area contributed by atoms with Crippen LogP contribution in [0.5, 0.6) is 0 Å². The van der Waals surface area contributed by atoms with Crippen molar-refractivity contribution in [3.8, 4) is 0 Å². The molecule has 2 aromatic heterocycles. The van der Waals surface area contributed by atoms with Gasteiger partial charge in [0, 0.05) is 10.7 Å². The highest BCUT2D eigenvalue weighted by atomic mass is 79.9. The van der Waals surface area contributed by atoms with Crippen molar-refractivity contribution in [2.24, 2.45) is 4.99 Å². The Balaban J connectivity index is 2.75. The van der Waals surface area contributed by atoms with Crippen LogP contribution in [-0.2, 0) is 4.79 Å². The summed E-state index contributed by atoms with van der Waals surface area (Å²) in [6.45, 7) is 0. The van der Waals surface area contributed by atoms with E-state index in [1.54, 1.807) is 10.6 Å². The third-order valence-electron chi connectivity index (χ3n) is 1.62. The van der Waals surface area contributed by atoms with Crippen LogP contribution in [0.1, 0.15) is 0 Å². The van der Waals surface area contributed by atoms with Crippen LogP contribution in [0.4, 0.5) is 5.82 Å². The maximum absolute atomic E-state index is 10.0. The van der Waals surface area contributed by atoms with Crippen molar-refractivity contribution in [1.82, 2.24) is 9.38 Å². The van der Waals surface area contributed by atoms with Crippen LogP contribution in [-0.4, -0.2) is 15.5 Å². The lowest BCUT2D eigenvalue weighted by molar-refractivity contribution is 0.565. The number of imidazole rings is 1. The maximum atomic E-state index is 10.0. The fraction of sp³-hybridized carbons (Fsp3) is 0. The smallest absolute Gasteiger partial charge is 0.242 e. The molecule has 64 valence electrons. The lowest BCUT2D eigenvalue weighted by Crippen LogP contribution is -1.82. The number of hydrogen-bond acceptors (Lipinski definition) is 3. The fourth-order valence-corrected chi connectivity index (χ4v) is 1.39. The van der Waals surface area contributed by atoms with Gasteiger partial charge < -0.3 is 0 Å². The number of halogens is 1. The molecule has 0 spiro atoms. The molecule has 0 aromatic carbocycles. The molecular weight excluding hydrogens is 234 g/mol. The summed E-state index contributed by atoms with van der Waals surface area (Å²) in [5.74, 6) is 0.484. The van der Waals surface area contributed by atoms with Gasteiger partial charge >= 0.3 is 0 Å². The molecular formula is C8H4BrN3O. The van der Waals surface area contributed by atoms with Crippen LogP contribution in [0.3, 0.4) is 0 Å². The number of nitrogens with zero attached hydrogens (tertiary/aromatic N) is 3. The molecule has 0 unspecified atom stereocenters. The van der Waals surface area contributed by atoms with Gasteiger partial charge in [0.1, 0.15) is 5.65 Å². The van der Waals surface area contributed by atoms with Crippen molar-refractivity contribution in [1.29, 1.82) is 0 Å². The van der Waals surface area contributed by atoms with Gasteiger partial charge in [-0.05, 0) is 12.1 Å². The van der Waals surface area contributed by atoms with E-state index in [0.29, 0.717) is 5.82 Å². The van der Waals surface area contributed by atoms with Crippen molar-refractivity contribution in [2.45, 2.75) is 0 Å². The highest BCUT2D eigenvalue weighted by Gasteiger charge is 2.00. The van der Waals surface area contributed by atoms with E-state index >= 15 is 0 Å². The average Bonchev–Trinajstić information content (AvgIpc) is 2.49. The average molecular weight is 238 g/mol. The Kier molecular flexibility index (Phi) is 1.96. The third-order valence-corrected chi connectivity index (χ3v) is 2.11. The van der Waals surface area contributed by atoms with Crippen LogP contribution in [0.15, 0.2) is 34.0 Å². The summed E-state index contributed by atoms with van der Waals surface area (Å²) >= 11 is 3.32. The van der Waals surface area contributed by atoms with E-state index in [4.69, 9.17) is 0 Å². The number of isocyanates is 1. The minimum atomic E-state index is 0.484. The van der Waals surface area contributed by atoms with Gasteiger partial charge in [0.05, 0.1) is 6.20 Å². The first-order chi connectivity index (χ1) is 6.31. The SMILES string of the molecule is O=C=Nc1cnc2cc(Br)ccn12. The molecule has 0 radical (unpaired) electrons. The maximum Gasteiger partial charge on any atom is 0.242 e. The van der Waals surface area contributed by atoms with E-state index in [9.17, 15) is 4.79 Å². The Labute approximate surface area is 82.1 Å². The number of aliphatic imine (C=N–C) groups is 1. The molecule has 0 fully saturated rings. The molecule has 13 heavy (non-hydrogen) atoms. The van der Waals surface area contributed by atoms with Gasteiger partial charge in [0.2, 0.25) is 6.08 Å². The summed E-state index contributed by atoms with van der Waals surface area (Å²) in [7, 11) is 0. The minimum absolute atomic E-state index is 0.484. The Morgan fingerprint density at radius 1 is 1.62 bits per heavy atom. The number of carbonyl (C=O) groups excluding carboxylic acids is 1. The molecule has 0 atom stereocenters. The van der Waals surface area contributed by atoms with Gasteiger partial charge in [-0.2, -0.15) is 0 Å². The number of fused-ring (bicyclic) bond motifs is 1. The van der Waals surface area contributed by atoms with Gasteiger partial charge in [-0.15, -0.1) is 4.99 Å². The van der Waals surface area contributed by atoms with Crippen molar-refractivity contribution < 1.29 is 4.79 Å². The molecule has 0 N–H and O–H groups in total. The second-order valence-corrected chi connectivity index (χ2v) is 3.31. The van der Waals surface area contributed by atoms with E-state index < -0.39 is 0 Å². The van der Waals surface area contributed by atoms with Gasteiger partial charge in [-0.3, -0.25) is 4.40 Å². The van der Waals surface area contributed by atoms with Crippen molar-refractivity contribution in [2.75, 3.05) is 0 Å². The van der Waals surface area contributed by atoms with Crippen molar-refractivity contribution >= 4 is 33.5 Å². The van der Waals surface area contributed by atoms with Gasteiger partial charge in [0.15, 0.2) is 5.82 Å². The fourth-order valence-electron chi connectivity index (χ4n) is 1.07. The normalized spacial score (nSPS) is 9.92. The largest absolute Gasteiger partial charge is 0.284 e. The zero-order valence-electron chi connectivity index (χ0n) is 6.44. The van der Waals surface area contributed by atoms with Crippen molar-refractivity contribution in [3.05, 3.63) is 29.0 Å². The molecule has 0 aliphatic rings. The minimum Gasteiger partial charge on any atom is -0.284 e. The van der Waals surface area contributed by atoms with Crippen molar-refractivity contribution in [3.63, 3.8) is 0 Å². The van der Waals surface area contributed by atoms with E-state index in [1.807, 2.05) is 12.1 Å². The molecule has 2 rings (SSSR count). The summed E-state index contributed by atoms with van der Waals surface area (Å²) in [4.78, 5) is 17.6. The summed E-state index contributed by atoms with van der Waals surface area (Å²) in [6, 6.07) is 3.68. The zero-order chi connectivity index (χ0) is 9.26. The van der Waals surface area contributed by atoms with Crippen LogP contribution in [0.2, 0.25) is 0 Å². The molecule has 0 saturated heterocycles. The standard InChI is InChI=1S/C8H4BrN3O/c9-6-1-2-12-7(3-6)10-4-8(12)11-5-13/h1-4H. The van der Waals surface area contributed by atoms with E-state index in [2.05, 4.69) is 25.9 Å². The molecule has 2 heterocycles. The lowest BCUT2D eigenvalue weighted by atomic mass is 10.5. The topological polar surface area (TPSA) is 46.7 Å². The van der Waals surface area contributed by atoms with Crippen LogP contribution < -0.4 is 0 Å². The summed E-state index contributed by atoms with van der Waals surface area (Å²) in [5, 5.41) is 0. The third kappa shape index (κ3) is 1.39. The molecule has 0 amide bonds. The van der Waals surface area contributed by atoms with Crippen LogP contribution in [0, 0.1) is 0 Å². The highest BCUT2D eigenvalue weighted by molar-refractivity contribution is 9.10. The predicted molar refractivity (Wildman–Crippen MR) is 50.7 cm³/mol. The van der Waals surface area contributed by atoms with Crippen LogP contribution >= 0.6 is 15.9 Å². The lowest BCUT2D eigenvalue weighted by Gasteiger charge is -1.94. The summed E-state index contributed by atoms with van der Waals surface area (Å²) in [6.07, 6.45) is 4.78. The molecule has 0 aliphatic carbocycles. The summed E-state index contributed by atoms with van der Waals surface area (Å²) in [5.41, 5.74) is 0.739. The molecule has 0 saturated carbocycles. The number of hydrogen-bond donors (Lipinski definition) is 0. The van der Waals surface area contributed by atoms with E-state index in [1.165, 1.54) is 12.3 Å². The Morgan fingerprint density at radius 2 is 2.46 bits per heavy atom. The zero-order valence-corrected chi connectivity index (χ0v) is 8.02.